The van der Waals surface area contributed by atoms with Gasteiger partial charge in [-0.05, 0) is 64.1 Å². The van der Waals surface area contributed by atoms with E-state index in [9.17, 15) is 19.2 Å². The Labute approximate surface area is 291 Å². The standard InChI is InChI=1S/C18H20N4O3.C17H18N4O3.CH4/c1-11(2)20-18(24)21-12-5-4-6-13(9-12)25-15-7-8-19-17-14(15)10-16(23)22(17)3;1-10(2)19-17(23)20-11-4-3-5-12(8-11)24-14-6-7-18-16-13(14)9-15(22)21-16;/h4-9,11H,10H2,1-3H3,(H2,20,21,24);3-8,10H,9H2,1-2H3,(H,18,21,22)(H2,19,20,23);1H4. The van der Waals surface area contributed by atoms with Crippen molar-refractivity contribution in [2.24, 2.45) is 0 Å². The molecule has 5 N–H and O–H groups in total. The predicted octanol–water partition coefficient (Wildman–Crippen LogP) is 6.46. The maximum absolute atomic E-state index is 11.9. The molecule has 6 rings (SSSR count). The molecule has 0 fully saturated rings. The van der Waals surface area contributed by atoms with Gasteiger partial charge in [-0.2, -0.15) is 0 Å². The van der Waals surface area contributed by atoms with Crippen molar-refractivity contribution in [3.8, 4) is 23.0 Å². The van der Waals surface area contributed by atoms with Gasteiger partial charge in [-0.3, -0.25) is 14.5 Å². The van der Waals surface area contributed by atoms with Gasteiger partial charge in [0.15, 0.2) is 0 Å². The molecule has 4 heterocycles. The fourth-order valence-electron chi connectivity index (χ4n) is 4.98. The zero-order valence-electron chi connectivity index (χ0n) is 27.8. The van der Waals surface area contributed by atoms with E-state index in [1.54, 1.807) is 80.1 Å². The number of pyridine rings is 2. The van der Waals surface area contributed by atoms with Gasteiger partial charge in [0.25, 0.3) is 0 Å². The molecule has 2 aliphatic heterocycles. The largest absolute Gasteiger partial charge is 0.457 e. The van der Waals surface area contributed by atoms with Crippen LogP contribution in [0.5, 0.6) is 23.0 Å². The molecule has 0 aliphatic carbocycles. The van der Waals surface area contributed by atoms with Crippen LogP contribution in [0.4, 0.5) is 32.6 Å². The number of hydrogen-bond acceptors (Lipinski definition) is 8. The molecule has 0 saturated heterocycles. The first-order valence-corrected chi connectivity index (χ1v) is 15.7. The second kappa shape index (κ2) is 16.3. The molecule has 0 atom stereocenters. The van der Waals surface area contributed by atoms with Crippen LogP contribution in [0.2, 0.25) is 0 Å². The highest BCUT2D eigenvalue weighted by molar-refractivity contribution is 6.00. The lowest BCUT2D eigenvalue weighted by molar-refractivity contribution is -0.117. The van der Waals surface area contributed by atoms with E-state index in [0.29, 0.717) is 46.0 Å². The van der Waals surface area contributed by atoms with Gasteiger partial charge in [-0.1, -0.05) is 19.6 Å². The molecule has 0 spiro atoms. The van der Waals surface area contributed by atoms with E-state index in [1.165, 1.54) is 4.90 Å². The molecule has 4 aromatic rings. The van der Waals surface area contributed by atoms with Gasteiger partial charge in [0, 0.05) is 66.2 Å². The summed E-state index contributed by atoms with van der Waals surface area (Å²) in [6.45, 7) is 7.56. The zero-order chi connectivity index (χ0) is 35.1. The third kappa shape index (κ3) is 9.46. The monoisotopic (exact) mass is 682 g/mol. The summed E-state index contributed by atoms with van der Waals surface area (Å²) in [6.07, 6.45) is 3.70. The summed E-state index contributed by atoms with van der Waals surface area (Å²) in [5, 5.41) is 13.7. The molecule has 14 nitrogen and oxygen atoms in total. The molecule has 0 radical (unpaired) electrons. The lowest BCUT2D eigenvalue weighted by Gasteiger charge is -2.13. The molecular formula is C36H42N8O6. The number of aromatic nitrogens is 2. The van der Waals surface area contributed by atoms with Gasteiger partial charge < -0.3 is 36.1 Å². The lowest BCUT2D eigenvalue weighted by Crippen LogP contribution is -2.34. The van der Waals surface area contributed by atoms with Crippen LogP contribution in [0.25, 0.3) is 0 Å². The molecule has 2 aromatic carbocycles. The molecule has 262 valence electrons. The van der Waals surface area contributed by atoms with Crippen molar-refractivity contribution < 1.29 is 28.7 Å². The number of hydrogen-bond donors (Lipinski definition) is 5. The number of likely N-dealkylation sites (N-methyl/N-ethyl adjacent to an activating group) is 1. The Hall–Kier alpha value is -6.18. The van der Waals surface area contributed by atoms with Crippen LogP contribution in [0, 0.1) is 0 Å². The molecule has 0 unspecified atom stereocenters. The van der Waals surface area contributed by atoms with Gasteiger partial charge >= 0.3 is 12.1 Å². The Morgan fingerprint density at radius 2 is 1.28 bits per heavy atom. The zero-order valence-corrected chi connectivity index (χ0v) is 27.8. The second-order valence-electron chi connectivity index (χ2n) is 11.9. The van der Waals surface area contributed by atoms with Crippen molar-refractivity contribution in [2.45, 2.75) is 60.0 Å². The van der Waals surface area contributed by atoms with E-state index >= 15 is 0 Å². The van der Waals surface area contributed by atoms with Crippen LogP contribution in [0.15, 0.2) is 73.1 Å². The third-order valence-corrected chi connectivity index (χ3v) is 7.10. The van der Waals surface area contributed by atoms with Gasteiger partial charge in [-0.15, -0.1) is 0 Å². The minimum absolute atomic E-state index is 0. The number of urea groups is 2. The number of nitrogens with zero attached hydrogens (tertiary/aromatic N) is 3. The summed E-state index contributed by atoms with van der Waals surface area (Å²) in [6, 6.07) is 17.1. The fourth-order valence-corrected chi connectivity index (χ4v) is 4.98. The number of fused-ring (bicyclic) bond motifs is 2. The van der Waals surface area contributed by atoms with E-state index in [4.69, 9.17) is 9.47 Å². The van der Waals surface area contributed by atoms with Crippen molar-refractivity contribution in [2.75, 3.05) is 27.9 Å². The van der Waals surface area contributed by atoms with Crippen molar-refractivity contribution in [1.29, 1.82) is 0 Å². The van der Waals surface area contributed by atoms with E-state index in [1.807, 2.05) is 27.7 Å². The highest BCUT2D eigenvalue weighted by Crippen LogP contribution is 2.36. The Morgan fingerprint density at radius 3 is 1.82 bits per heavy atom. The number of carbonyl (C=O) groups is 4. The Kier molecular flexibility index (Phi) is 11.9. The number of rotatable bonds is 8. The predicted molar refractivity (Wildman–Crippen MR) is 192 cm³/mol. The Balaban J connectivity index is 0.000000220. The van der Waals surface area contributed by atoms with Crippen LogP contribution >= 0.6 is 0 Å². The van der Waals surface area contributed by atoms with Gasteiger partial charge in [-0.25, -0.2) is 19.6 Å². The van der Waals surface area contributed by atoms with Crippen LogP contribution in [-0.2, 0) is 22.4 Å². The number of benzene rings is 2. The first-order valence-electron chi connectivity index (χ1n) is 15.7. The average Bonchev–Trinajstić information content (AvgIpc) is 3.56. The Morgan fingerprint density at radius 1 is 0.760 bits per heavy atom. The summed E-state index contributed by atoms with van der Waals surface area (Å²) in [5.74, 6) is 3.32. The molecular weight excluding hydrogens is 640 g/mol. The third-order valence-electron chi connectivity index (χ3n) is 7.10. The Bertz CT molecular complexity index is 1880. The first kappa shape index (κ1) is 36.7. The summed E-state index contributed by atoms with van der Waals surface area (Å²) in [4.78, 5) is 56.8. The van der Waals surface area contributed by atoms with Crippen LogP contribution in [0.3, 0.4) is 0 Å². The maximum Gasteiger partial charge on any atom is 0.319 e. The van der Waals surface area contributed by atoms with Gasteiger partial charge in [0.2, 0.25) is 11.8 Å². The topological polar surface area (TPSA) is 176 Å². The fraction of sp³-hybridized carbons (Fsp3) is 0.278. The number of ether oxygens (including phenoxy) is 2. The first-order chi connectivity index (χ1) is 23.4. The van der Waals surface area contributed by atoms with Gasteiger partial charge in [0.1, 0.15) is 34.6 Å². The van der Waals surface area contributed by atoms with Crippen LogP contribution in [0.1, 0.15) is 46.2 Å². The number of anilines is 4. The summed E-state index contributed by atoms with van der Waals surface area (Å²) in [7, 11) is 1.70. The van der Waals surface area contributed by atoms with Crippen molar-refractivity contribution >= 4 is 46.9 Å². The molecule has 2 aliphatic rings. The minimum Gasteiger partial charge on any atom is -0.457 e. The SMILES string of the molecule is C.CC(C)NC(=O)Nc1cccc(Oc2ccnc3c2CC(=O)N3)c1.CC(C)NC(=O)Nc1cccc(Oc2ccnc3c2CC(=O)N3C)c1. The summed E-state index contributed by atoms with van der Waals surface area (Å²) < 4.78 is 11.8. The summed E-state index contributed by atoms with van der Waals surface area (Å²) in [5.41, 5.74) is 2.74. The smallest absolute Gasteiger partial charge is 0.319 e. The molecule has 0 saturated carbocycles. The quantitative estimate of drug-likeness (QED) is 0.141. The number of carbonyl (C=O) groups excluding carboxylic acids is 4. The minimum atomic E-state index is -0.276. The second-order valence-corrected chi connectivity index (χ2v) is 11.9. The van der Waals surface area contributed by atoms with Crippen LogP contribution in [-0.4, -0.2) is 53.0 Å². The van der Waals surface area contributed by atoms with E-state index < -0.39 is 0 Å². The maximum atomic E-state index is 11.9. The van der Waals surface area contributed by atoms with Gasteiger partial charge in [0.05, 0.1) is 12.8 Å². The average molecular weight is 683 g/mol. The lowest BCUT2D eigenvalue weighted by atomic mass is 10.2. The van der Waals surface area contributed by atoms with E-state index in [2.05, 4.69) is 36.6 Å². The van der Waals surface area contributed by atoms with Crippen molar-refractivity contribution in [1.82, 2.24) is 20.6 Å². The normalized spacial score (nSPS) is 12.5. The van der Waals surface area contributed by atoms with E-state index in [-0.39, 0.29) is 56.2 Å². The highest BCUT2D eigenvalue weighted by Gasteiger charge is 2.28. The van der Waals surface area contributed by atoms with Crippen molar-refractivity contribution in [3.05, 3.63) is 84.2 Å². The van der Waals surface area contributed by atoms with Crippen LogP contribution < -0.4 is 41.0 Å². The van der Waals surface area contributed by atoms with E-state index in [0.717, 1.165) is 11.1 Å². The van der Waals surface area contributed by atoms with Crippen molar-refractivity contribution in [3.63, 3.8) is 0 Å². The highest BCUT2D eigenvalue weighted by atomic mass is 16.5. The number of amides is 6. The molecule has 2 aromatic heterocycles. The molecule has 6 amide bonds. The molecule has 0 bridgehead atoms. The summed E-state index contributed by atoms with van der Waals surface area (Å²) >= 11 is 0. The molecule has 14 heteroatoms. The number of nitrogens with one attached hydrogen (secondary N) is 5. The molecule has 50 heavy (non-hydrogen) atoms.